The average Bonchev–Trinajstić information content (AvgIpc) is 2.38. The maximum atomic E-state index is 4.57. The zero-order valence-corrected chi connectivity index (χ0v) is 11.4. The Labute approximate surface area is 109 Å². The molecule has 2 unspecified atom stereocenters. The van der Waals surface area contributed by atoms with Gasteiger partial charge in [-0.15, -0.1) is 0 Å². The van der Waals surface area contributed by atoms with Gasteiger partial charge in [-0.05, 0) is 31.4 Å². The van der Waals surface area contributed by atoms with Gasteiger partial charge in [0.25, 0.3) is 0 Å². The Morgan fingerprint density at radius 2 is 1.89 bits per heavy atom. The number of nitrogens with zero attached hydrogens (tertiary/aromatic N) is 2. The third-order valence-corrected chi connectivity index (χ3v) is 3.30. The van der Waals surface area contributed by atoms with Crippen molar-refractivity contribution in [2.75, 3.05) is 5.32 Å². The summed E-state index contributed by atoms with van der Waals surface area (Å²) in [5, 5.41) is 3.43. The molecular formula is C15H21N3. The van der Waals surface area contributed by atoms with Crippen molar-refractivity contribution in [3.8, 4) is 0 Å². The van der Waals surface area contributed by atoms with Crippen molar-refractivity contribution in [3.05, 3.63) is 30.5 Å². The number of nitrogens with one attached hydrogen (secondary N) is 1. The van der Waals surface area contributed by atoms with Gasteiger partial charge in [-0.25, -0.2) is 4.98 Å². The van der Waals surface area contributed by atoms with Gasteiger partial charge in [0.15, 0.2) is 0 Å². The van der Waals surface area contributed by atoms with Crippen molar-refractivity contribution >= 4 is 16.9 Å². The number of rotatable bonds is 5. The first-order valence-corrected chi connectivity index (χ1v) is 6.67. The second kappa shape index (κ2) is 5.80. The maximum Gasteiger partial charge on any atom is 0.145 e. The van der Waals surface area contributed by atoms with E-state index in [1.165, 1.54) is 6.42 Å². The molecule has 2 atom stereocenters. The molecule has 0 saturated carbocycles. The van der Waals surface area contributed by atoms with Gasteiger partial charge in [0.05, 0.1) is 17.2 Å². The SMILES string of the molecule is CCC(C)CC(C)Nc1cnc2ccccc2n1. The van der Waals surface area contributed by atoms with Crippen molar-refractivity contribution in [2.24, 2.45) is 5.92 Å². The third kappa shape index (κ3) is 3.19. The quantitative estimate of drug-likeness (QED) is 0.866. The van der Waals surface area contributed by atoms with Crippen LogP contribution in [-0.2, 0) is 0 Å². The van der Waals surface area contributed by atoms with Crippen LogP contribution in [0.2, 0.25) is 0 Å². The lowest BCUT2D eigenvalue weighted by Gasteiger charge is -2.17. The number of benzene rings is 1. The van der Waals surface area contributed by atoms with Crippen LogP contribution in [0.5, 0.6) is 0 Å². The topological polar surface area (TPSA) is 37.8 Å². The monoisotopic (exact) mass is 243 g/mol. The molecule has 3 nitrogen and oxygen atoms in total. The fourth-order valence-corrected chi connectivity index (χ4v) is 2.11. The summed E-state index contributed by atoms with van der Waals surface area (Å²) in [6, 6.07) is 8.37. The minimum atomic E-state index is 0.426. The standard InChI is InChI=1S/C15H21N3/c1-4-11(2)9-12(3)17-15-10-16-13-7-5-6-8-14(13)18-15/h5-8,10-12H,4,9H2,1-3H3,(H,17,18). The first-order chi connectivity index (χ1) is 8.69. The Morgan fingerprint density at radius 3 is 2.61 bits per heavy atom. The Hall–Kier alpha value is -1.64. The van der Waals surface area contributed by atoms with Crippen molar-refractivity contribution in [3.63, 3.8) is 0 Å². The minimum Gasteiger partial charge on any atom is -0.366 e. The molecule has 0 bridgehead atoms. The molecule has 1 heterocycles. The van der Waals surface area contributed by atoms with E-state index in [0.717, 1.165) is 29.2 Å². The highest BCUT2D eigenvalue weighted by molar-refractivity contribution is 5.75. The molecule has 1 N–H and O–H groups in total. The van der Waals surface area contributed by atoms with Crippen LogP contribution in [0.25, 0.3) is 11.0 Å². The maximum absolute atomic E-state index is 4.57. The van der Waals surface area contributed by atoms with Crippen LogP contribution in [0.15, 0.2) is 30.5 Å². The highest BCUT2D eigenvalue weighted by Gasteiger charge is 2.08. The summed E-state index contributed by atoms with van der Waals surface area (Å²) >= 11 is 0. The molecule has 2 aromatic rings. The number of fused-ring (bicyclic) bond motifs is 1. The van der Waals surface area contributed by atoms with E-state index in [-0.39, 0.29) is 0 Å². The molecule has 3 heteroatoms. The number of hydrogen-bond acceptors (Lipinski definition) is 3. The third-order valence-electron chi connectivity index (χ3n) is 3.30. The molecule has 0 aliphatic heterocycles. The molecule has 0 spiro atoms. The van der Waals surface area contributed by atoms with Crippen LogP contribution < -0.4 is 5.32 Å². The number of para-hydroxylation sites is 2. The van der Waals surface area contributed by atoms with Crippen LogP contribution in [0.4, 0.5) is 5.82 Å². The van der Waals surface area contributed by atoms with Gasteiger partial charge in [0.1, 0.15) is 5.82 Å². The summed E-state index contributed by atoms with van der Waals surface area (Å²) in [5.41, 5.74) is 1.89. The van der Waals surface area contributed by atoms with E-state index in [2.05, 4.69) is 36.1 Å². The summed E-state index contributed by atoms with van der Waals surface area (Å²) in [5.74, 6) is 1.60. The lowest BCUT2D eigenvalue weighted by molar-refractivity contribution is 0.483. The van der Waals surface area contributed by atoms with Crippen molar-refractivity contribution in [1.82, 2.24) is 9.97 Å². The van der Waals surface area contributed by atoms with Crippen LogP contribution in [0, 0.1) is 5.92 Å². The summed E-state index contributed by atoms with van der Waals surface area (Å²) in [6.45, 7) is 6.71. The molecule has 0 fully saturated rings. The molecule has 0 saturated heterocycles. The molecule has 96 valence electrons. The van der Waals surface area contributed by atoms with Gasteiger partial charge in [-0.3, -0.25) is 4.98 Å². The van der Waals surface area contributed by atoms with E-state index in [4.69, 9.17) is 0 Å². The van der Waals surface area contributed by atoms with Crippen LogP contribution in [-0.4, -0.2) is 16.0 Å². The molecule has 18 heavy (non-hydrogen) atoms. The van der Waals surface area contributed by atoms with Gasteiger partial charge in [-0.1, -0.05) is 32.4 Å². The summed E-state index contributed by atoms with van der Waals surface area (Å²) in [4.78, 5) is 8.98. The normalized spacial score (nSPS) is 14.4. The van der Waals surface area contributed by atoms with E-state index >= 15 is 0 Å². The van der Waals surface area contributed by atoms with Gasteiger partial charge in [0, 0.05) is 6.04 Å². The van der Waals surface area contributed by atoms with Crippen LogP contribution in [0.3, 0.4) is 0 Å². The summed E-state index contributed by atoms with van der Waals surface area (Å²) < 4.78 is 0. The molecule has 2 rings (SSSR count). The van der Waals surface area contributed by atoms with Crippen LogP contribution in [0.1, 0.15) is 33.6 Å². The fraction of sp³-hybridized carbons (Fsp3) is 0.467. The molecule has 0 amide bonds. The van der Waals surface area contributed by atoms with E-state index < -0.39 is 0 Å². The summed E-state index contributed by atoms with van der Waals surface area (Å²) in [7, 11) is 0. The van der Waals surface area contributed by atoms with Gasteiger partial charge >= 0.3 is 0 Å². The Bertz CT molecular complexity index is 510. The van der Waals surface area contributed by atoms with Crippen molar-refractivity contribution < 1.29 is 0 Å². The van der Waals surface area contributed by atoms with E-state index in [0.29, 0.717) is 6.04 Å². The minimum absolute atomic E-state index is 0.426. The highest BCUT2D eigenvalue weighted by Crippen LogP contribution is 2.15. The first-order valence-electron chi connectivity index (χ1n) is 6.67. The highest BCUT2D eigenvalue weighted by atomic mass is 15.0. The molecule has 0 aliphatic rings. The molecule has 0 radical (unpaired) electrons. The second-order valence-electron chi connectivity index (χ2n) is 5.04. The van der Waals surface area contributed by atoms with Gasteiger partial charge in [0.2, 0.25) is 0 Å². The Balaban J connectivity index is 2.07. The summed E-state index contributed by atoms with van der Waals surface area (Å²) in [6.07, 6.45) is 4.19. The van der Waals surface area contributed by atoms with E-state index in [1.54, 1.807) is 0 Å². The van der Waals surface area contributed by atoms with Crippen molar-refractivity contribution in [1.29, 1.82) is 0 Å². The number of anilines is 1. The predicted molar refractivity (Wildman–Crippen MR) is 76.7 cm³/mol. The Kier molecular flexibility index (Phi) is 4.13. The smallest absolute Gasteiger partial charge is 0.145 e. The number of hydrogen-bond donors (Lipinski definition) is 1. The first kappa shape index (κ1) is 12.8. The lowest BCUT2D eigenvalue weighted by atomic mass is 10.0. The Morgan fingerprint density at radius 1 is 1.17 bits per heavy atom. The van der Waals surface area contributed by atoms with Crippen molar-refractivity contribution in [2.45, 2.75) is 39.7 Å². The van der Waals surface area contributed by atoms with Gasteiger partial charge in [-0.2, -0.15) is 0 Å². The average molecular weight is 243 g/mol. The molecule has 0 aliphatic carbocycles. The fourth-order valence-electron chi connectivity index (χ4n) is 2.11. The number of aromatic nitrogens is 2. The van der Waals surface area contributed by atoms with E-state index in [9.17, 15) is 0 Å². The zero-order valence-electron chi connectivity index (χ0n) is 11.4. The van der Waals surface area contributed by atoms with Gasteiger partial charge < -0.3 is 5.32 Å². The lowest BCUT2D eigenvalue weighted by Crippen LogP contribution is -2.19. The predicted octanol–water partition coefficient (Wildman–Crippen LogP) is 3.87. The largest absolute Gasteiger partial charge is 0.366 e. The zero-order chi connectivity index (χ0) is 13.0. The molecule has 1 aromatic carbocycles. The van der Waals surface area contributed by atoms with E-state index in [1.807, 2.05) is 30.5 Å². The molecular weight excluding hydrogens is 222 g/mol. The second-order valence-corrected chi connectivity index (χ2v) is 5.04. The van der Waals surface area contributed by atoms with Crippen LogP contribution >= 0.6 is 0 Å². The molecule has 1 aromatic heterocycles.